The molecule has 0 bridgehead atoms. The summed E-state index contributed by atoms with van der Waals surface area (Å²) >= 11 is 5.80. The Morgan fingerprint density at radius 2 is 1.80 bits per heavy atom. The quantitative estimate of drug-likeness (QED) is 0.341. The molecule has 3 aromatic rings. The van der Waals surface area contributed by atoms with E-state index in [0.717, 1.165) is 0 Å². The molecular weight excluding hydrogens is 416 g/mol. The Balaban J connectivity index is 1.68. The molecule has 0 atom stereocenters. The third-order valence-corrected chi connectivity index (χ3v) is 4.20. The van der Waals surface area contributed by atoms with Crippen LogP contribution in [0.4, 0.5) is 11.4 Å². The Kier molecular flexibility index (Phi) is 6.18. The van der Waals surface area contributed by atoms with Gasteiger partial charge in [0.05, 0.1) is 28.0 Å². The van der Waals surface area contributed by atoms with Crippen LogP contribution in [-0.4, -0.2) is 22.0 Å². The highest BCUT2D eigenvalue weighted by Gasteiger charge is 2.19. The monoisotopic (exact) mass is 428 g/mol. The van der Waals surface area contributed by atoms with Crippen molar-refractivity contribution in [2.24, 2.45) is 5.10 Å². The lowest BCUT2D eigenvalue weighted by Gasteiger charge is -2.01. The molecule has 0 aliphatic carbocycles. The number of amides is 1. The van der Waals surface area contributed by atoms with Crippen LogP contribution >= 0.6 is 11.6 Å². The average Bonchev–Trinajstić information content (AvgIpc) is 3.16. The summed E-state index contributed by atoms with van der Waals surface area (Å²) < 4.78 is 5.51. The molecular formula is C19H13ClN4O6. The molecule has 0 spiro atoms. The Hall–Kier alpha value is -4.05. The highest BCUT2D eigenvalue weighted by atomic mass is 35.5. The maximum Gasteiger partial charge on any atom is 0.281 e. The van der Waals surface area contributed by atoms with Gasteiger partial charge in [-0.1, -0.05) is 29.8 Å². The lowest BCUT2D eigenvalue weighted by Crippen LogP contribution is -2.20. The summed E-state index contributed by atoms with van der Waals surface area (Å²) in [5.41, 5.74) is 2.38. The van der Waals surface area contributed by atoms with Gasteiger partial charge in [0.1, 0.15) is 11.5 Å². The van der Waals surface area contributed by atoms with Crippen LogP contribution < -0.4 is 5.43 Å². The molecule has 0 saturated carbocycles. The first-order valence-electron chi connectivity index (χ1n) is 8.43. The Morgan fingerprint density at radius 1 is 1.07 bits per heavy atom. The van der Waals surface area contributed by atoms with Crippen molar-refractivity contribution in [1.29, 1.82) is 0 Å². The highest BCUT2D eigenvalue weighted by molar-refractivity contribution is 6.30. The van der Waals surface area contributed by atoms with E-state index in [1.807, 2.05) is 0 Å². The first kappa shape index (κ1) is 20.7. The number of rotatable bonds is 7. The molecule has 152 valence electrons. The molecule has 0 radical (unpaired) electrons. The van der Waals surface area contributed by atoms with E-state index in [2.05, 4.69) is 10.5 Å². The van der Waals surface area contributed by atoms with Crippen LogP contribution in [0.3, 0.4) is 0 Å². The molecule has 30 heavy (non-hydrogen) atoms. The Labute approximate surface area is 174 Å². The molecule has 0 saturated heterocycles. The van der Waals surface area contributed by atoms with E-state index in [-0.39, 0.29) is 45.5 Å². The first-order chi connectivity index (χ1) is 14.3. The van der Waals surface area contributed by atoms with E-state index < -0.39 is 15.8 Å². The first-order valence-corrected chi connectivity index (χ1v) is 8.81. The smallest absolute Gasteiger partial charge is 0.281 e. The van der Waals surface area contributed by atoms with Gasteiger partial charge >= 0.3 is 0 Å². The number of nitrogens with one attached hydrogen (secondary N) is 1. The molecule has 1 aromatic heterocycles. The maximum absolute atomic E-state index is 12.0. The number of para-hydroxylation sites is 1. The zero-order valence-electron chi connectivity index (χ0n) is 15.1. The van der Waals surface area contributed by atoms with Gasteiger partial charge in [0.25, 0.3) is 11.4 Å². The zero-order chi connectivity index (χ0) is 21.7. The molecule has 1 heterocycles. The van der Waals surface area contributed by atoms with Gasteiger partial charge < -0.3 is 4.42 Å². The van der Waals surface area contributed by atoms with E-state index in [9.17, 15) is 25.0 Å². The van der Waals surface area contributed by atoms with Crippen molar-refractivity contribution in [3.8, 4) is 11.3 Å². The largest absolute Gasteiger partial charge is 0.455 e. The SMILES string of the molecule is O=C(Cc1ccccc1[N+](=O)[O-])N/N=C/c1ccc(-c2ccc(Cl)cc2[N+](=O)[O-])o1. The highest BCUT2D eigenvalue weighted by Crippen LogP contribution is 2.33. The third-order valence-electron chi connectivity index (χ3n) is 3.97. The molecule has 0 fully saturated rings. The van der Waals surface area contributed by atoms with Gasteiger partial charge in [-0.2, -0.15) is 5.10 Å². The van der Waals surface area contributed by atoms with Crippen LogP contribution in [0.15, 0.2) is 64.1 Å². The second-order valence-electron chi connectivity index (χ2n) is 5.98. The van der Waals surface area contributed by atoms with Gasteiger partial charge in [0.2, 0.25) is 5.91 Å². The molecule has 0 aliphatic heterocycles. The summed E-state index contributed by atoms with van der Waals surface area (Å²) in [6.07, 6.45) is 0.984. The van der Waals surface area contributed by atoms with Gasteiger partial charge in [-0.05, 0) is 24.3 Å². The number of nitro groups is 2. The van der Waals surface area contributed by atoms with E-state index >= 15 is 0 Å². The number of furan rings is 1. The summed E-state index contributed by atoms with van der Waals surface area (Å²) in [5, 5.41) is 26.2. The van der Waals surface area contributed by atoms with Crippen molar-refractivity contribution in [3.63, 3.8) is 0 Å². The predicted molar refractivity (Wildman–Crippen MR) is 108 cm³/mol. The van der Waals surface area contributed by atoms with E-state index in [0.29, 0.717) is 0 Å². The van der Waals surface area contributed by atoms with Crippen molar-refractivity contribution in [2.45, 2.75) is 6.42 Å². The van der Waals surface area contributed by atoms with Gasteiger partial charge in [-0.15, -0.1) is 0 Å². The van der Waals surface area contributed by atoms with E-state index in [1.165, 1.54) is 54.7 Å². The fraction of sp³-hybridized carbons (Fsp3) is 0.0526. The number of carbonyl (C=O) groups excluding carboxylic acids is 1. The second kappa shape index (κ2) is 8.97. The van der Waals surface area contributed by atoms with Gasteiger partial charge in [0, 0.05) is 22.7 Å². The second-order valence-corrected chi connectivity index (χ2v) is 6.41. The fourth-order valence-corrected chi connectivity index (χ4v) is 2.82. The van der Waals surface area contributed by atoms with Gasteiger partial charge in [-0.3, -0.25) is 25.0 Å². The van der Waals surface area contributed by atoms with Crippen molar-refractivity contribution < 1.29 is 19.1 Å². The van der Waals surface area contributed by atoms with E-state index in [4.69, 9.17) is 16.0 Å². The standard InChI is InChI=1S/C19H13ClN4O6/c20-13-5-7-15(17(10-13)24(28)29)18-8-6-14(30-18)11-21-22-19(25)9-12-3-1-2-4-16(12)23(26)27/h1-8,10-11H,9H2,(H,22,25)/b21-11+. The van der Waals surface area contributed by atoms with Crippen molar-refractivity contribution in [1.82, 2.24) is 5.43 Å². The summed E-state index contributed by atoms with van der Waals surface area (Å²) in [4.78, 5) is 33.1. The molecule has 1 N–H and O–H groups in total. The number of carbonyl (C=O) groups is 1. The summed E-state index contributed by atoms with van der Waals surface area (Å²) in [5.74, 6) is -0.0908. The minimum atomic E-state index is -0.569. The molecule has 11 heteroatoms. The summed E-state index contributed by atoms with van der Waals surface area (Å²) in [6.45, 7) is 0. The van der Waals surface area contributed by atoms with Crippen molar-refractivity contribution in [3.05, 3.63) is 91.2 Å². The molecule has 2 aromatic carbocycles. The van der Waals surface area contributed by atoms with Crippen LogP contribution in [0, 0.1) is 20.2 Å². The van der Waals surface area contributed by atoms with Gasteiger partial charge in [0.15, 0.2) is 0 Å². The number of nitro benzene ring substituents is 2. The zero-order valence-corrected chi connectivity index (χ0v) is 15.9. The van der Waals surface area contributed by atoms with Crippen LogP contribution in [0.5, 0.6) is 0 Å². The van der Waals surface area contributed by atoms with Gasteiger partial charge in [-0.25, -0.2) is 5.43 Å². The third kappa shape index (κ3) is 4.86. The summed E-state index contributed by atoms with van der Waals surface area (Å²) in [6, 6.07) is 13.1. The predicted octanol–water partition coefficient (Wildman–Crippen LogP) is 4.11. The minimum Gasteiger partial charge on any atom is -0.455 e. The average molecular weight is 429 g/mol. The van der Waals surface area contributed by atoms with Crippen LogP contribution in [0.2, 0.25) is 5.02 Å². The Bertz CT molecular complexity index is 1160. The maximum atomic E-state index is 12.0. The number of halogens is 1. The number of benzene rings is 2. The normalized spacial score (nSPS) is 10.8. The number of nitrogens with zero attached hydrogens (tertiary/aromatic N) is 3. The fourth-order valence-electron chi connectivity index (χ4n) is 2.65. The van der Waals surface area contributed by atoms with Crippen molar-refractivity contribution >= 4 is 35.1 Å². The van der Waals surface area contributed by atoms with Crippen LogP contribution in [0.1, 0.15) is 11.3 Å². The lowest BCUT2D eigenvalue weighted by atomic mass is 10.1. The molecule has 0 unspecified atom stereocenters. The van der Waals surface area contributed by atoms with Crippen LogP contribution in [0.25, 0.3) is 11.3 Å². The number of hydrogen-bond acceptors (Lipinski definition) is 7. The lowest BCUT2D eigenvalue weighted by molar-refractivity contribution is -0.385. The molecule has 0 aliphatic rings. The number of hydrogen-bond donors (Lipinski definition) is 1. The van der Waals surface area contributed by atoms with Crippen LogP contribution in [-0.2, 0) is 11.2 Å². The minimum absolute atomic E-state index is 0.156. The molecule has 1 amide bonds. The van der Waals surface area contributed by atoms with E-state index in [1.54, 1.807) is 6.07 Å². The topological polar surface area (TPSA) is 141 Å². The van der Waals surface area contributed by atoms with Crippen molar-refractivity contribution in [2.75, 3.05) is 0 Å². The molecule has 10 nitrogen and oxygen atoms in total. The molecule has 3 rings (SSSR count). The Morgan fingerprint density at radius 3 is 2.53 bits per heavy atom. The summed E-state index contributed by atoms with van der Waals surface area (Å²) in [7, 11) is 0. The number of hydrazone groups is 1.